The van der Waals surface area contributed by atoms with Crippen molar-refractivity contribution in [2.24, 2.45) is 0 Å². The smallest absolute Gasteiger partial charge is 0.491 e. The first-order valence-corrected chi connectivity index (χ1v) is 10.3. The van der Waals surface area contributed by atoms with Crippen LogP contribution in [0.2, 0.25) is 0 Å². The van der Waals surface area contributed by atoms with Crippen molar-refractivity contribution in [2.75, 3.05) is 13.7 Å². The van der Waals surface area contributed by atoms with Crippen LogP contribution in [0.15, 0.2) is 54.9 Å². The standard InChI is InChI=1S/C23H18F4N4O4/c1-28-21(33)16-6-4-13(12-30-16)20(32)31-22(8-10-34-18-3-2-9-29-19(18)22)14-5-7-17(15(24)11-14)35-23(25,26)27/h2-7,9,11-12H,8,10H2,1H3,(H,28,33)(H,31,32)/t22-/m0/s1. The average molecular weight is 490 g/mol. The quantitative estimate of drug-likeness (QED) is 0.532. The third kappa shape index (κ3) is 4.86. The van der Waals surface area contributed by atoms with Crippen LogP contribution < -0.4 is 20.1 Å². The highest BCUT2D eigenvalue weighted by atomic mass is 19.4. The third-order valence-electron chi connectivity index (χ3n) is 5.37. The van der Waals surface area contributed by atoms with Gasteiger partial charge in [-0.3, -0.25) is 19.6 Å². The van der Waals surface area contributed by atoms with Crippen molar-refractivity contribution in [3.05, 3.63) is 83.2 Å². The first-order valence-electron chi connectivity index (χ1n) is 10.3. The van der Waals surface area contributed by atoms with E-state index in [9.17, 15) is 27.2 Å². The number of alkyl halides is 3. The van der Waals surface area contributed by atoms with Crippen LogP contribution >= 0.6 is 0 Å². The molecule has 1 atom stereocenters. The fourth-order valence-electron chi connectivity index (χ4n) is 3.77. The SMILES string of the molecule is CNC(=O)c1ccc(C(=O)N[C@]2(c3ccc(OC(F)(F)F)c(F)c3)CCOc3cccnc32)cn1. The summed E-state index contributed by atoms with van der Waals surface area (Å²) in [6, 6.07) is 8.89. The van der Waals surface area contributed by atoms with Crippen molar-refractivity contribution < 1.29 is 36.6 Å². The Labute approximate surface area is 196 Å². The zero-order valence-corrected chi connectivity index (χ0v) is 18.1. The highest BCUT2D eigenvalue weighted by molar-refractivity contribution is 5.96. The predicted molar refractivity (Wildman–Crippen MR) is 113 cm³/mol. The average Bonchev–Trinajstić information content (AvgIpc) is 2.84. The molecule has 0 saturated carbocycles. The number of halogens is 4. The second-order valence-electron chi connectivity index (χ2n) is 7.51. The number of benzene rings is 1. The van der Waals surface area contributed by atoms with E-state index in [0.29, 0.717) is 5.75 Å². The van der Waals surface area contributed by atoms with E-state index >= 15 is 0 Å². The molecule has 0 aliphatic carbocycles. The lowest BCUT2D eigenvalue weighted by Crippen LogP contribution is -2.50. The maximum atomic E-state index is 14.7. The number of hydrogen-bond acceptors (Lipinski definition) is 6. The highest BCUT2D eigenvalue weighted by Crippen LogP contribution is 2.42. The summed E-state index contributed by atoms with van der Waals surface area (Å²) in [5.74, 6) is -3.02. The minimum Gasteiger partial charge on any atom is -0.491 e. The predicted octanol–water partition coefficient (Wildman–Crippen LogP) is 3.33. The number of carbonyl (C=O) groups excluding carboxylic acids is 2. The molecule has 1 aliphatic heterocycles. The molecule has 0 saturated heterocycles. The number of nitrogens with zero attached hydrogens (tertiary/aromatic N) is 2. The van der Waals surface area contributed by atoms with E-state index in [4.69, 9.17) is 4.74 Å². The Morgan fingerprint density at radius 3 is 2.57 bits per heavy atom. The lowest BCUT2D eigenvalue weighted by molar-refractivity contribution is -0.275. The molecule has 0 fully saturated rings. The van der Waals surface area contributed by atoms with E-state index in [1.807, 2.05) is 0 Å². The molecule has 0 bridgehead atoms. The van der Waals surface area contributed by atoms with Crippen LogP contribution in [0.3, 0.4) is 0 Å². The van der Waals surface area contributed by atoms with Crippen LogP contribution in [-0.4, -0.2) is 41.8 Å². The van der Waals surface area contributed by atoms with Crippen molar-refractivity contribution in [1.82, 2.24) is 20.6 Å². The number of ether oxygens (including phenoxy) is 2. The Bertz CT molecular complexity index is 1270. The summed E-state index contributed by atoms with van der Waals surface area (Å²) in [6.07, 6.45) is -2.32. The van der Waals surface area contributed by atoms with Gasteiger partial charge in [-0.15, -0.1) is 13.2 Å². The van der Waals surface area contributed by atoms with Gasteiger partial charge in [0.05, 0.1) is 12.2 Å². The van der Waals surface area contributed by atoms with Gasteiger partial charge in [-0.25, -0.2) is 4.39 Å². The number of hydrogen-bond donors (Lipinski definition) is 2. The first-order chi connectivity index (χ1) is 16.6. The number of amides is 2. The van der Waals surface area contributed by atoms with Crippen LogP contribution in [-0.2, 0) is 5.54 Å². The number of rotatable bonds is 5. The fraction of sp³-hybridized carbons (Fsp3) is 0.217. The lowest BCUT2D eigenvalue weighted by Gasteiger charge is -2.39. The molecule has 35 heavy (non-hydrogen) atoms. The van der Waals surface area contributed by atoms with Crippen LogP contribution in [0.5, 0.6) is 11.5 Å². The molecule has 1 aromatic carbocycles. The van der Waals surface area contributed by atoms with E-state index in [2.05, 4.69) is 25.3 Å². The zero-order chi connectivity index (χ0) is 25.2. The Morgan fingerprint density at radius 1 is 1.11 bits per heavy atom. The number of fused-ring (bicyclic) bond motifs is 1. The Hall–Kier alpha value is -4.22. The van der Waals surface area contributed by atoms with Crippen LogP contribution in [0.1, 0.15) is 38.5 Å². The maximum absolute atomic E-state index is 14.7. The second-order valence-corrected chi connectivity index (χ2v) is 7.51. The van der Waals surface area contributed by atoms with Gasteiger partial charge in [-0.05, 0) is 42.0 Å². The molecule has 1 aliphatic rings. The van der Waals surface area contributed by atoms with E-state index in [1.165, 1.54) is 37.6 Å². The van der Waals surface area contributed by atoms with Crippen molar-refractivity contribution >= 4 is 11.8 Å². The number of carbonyl (C=O) groups is 2. The summed E-state index contributed by atoms with van der Waals surface area (Å²) < 4.78 is 61.8. The molecule has 0 spiro atoms. The summed E-state index contributed by atoms with van der Waals surface area (Å²) in [4.78, 5) is 33.2. The van der Waals surface area contributed by atoms with Crippen LogP contribution in [0.4, 0.5) is 17.6 Å². The Morgan fingerprint density at radius 2 is 1.91 bits per heavy atom. The van der Waals surface area contributed by atoms with Gasteiger partial charge in [0, 0.05) is 25.9 Å². The van der Waals surface area contributed by atoms with Crippen molar-refractivity contribution in [2.45, 2.75) is 18.3 Å². The summed E-state index contributed by atoms with van der Waals surface area (Å²) in [5, 5.41) is 5.24. The second kappa shape index (κ2) is 9.20. The fourth-order valence-corrected chi connectivity index (χ4v) is 3.77. The molecular formula is C23H18F4N4O4. The molecule has 3 aromatic rings. The van der Waals surface area contributed by atoms with Gasteiger partial charge in [0.2, 0.25) is 0 Å². The van der Waals surface area contributed by atoms with Gasteiger partial charge in [0.25, 0.3) is 11.8 Å². The molecule has 3 heterocycles. The van der Waals surface area contributed by atoms with Crippen molar-refractivity contribution in [3.8, 4) is 11.5 Å². The van der Waals surface area contributed by atoms with Gasteiger partial charge in [0.15, 0.2) is 11.6 Å². The van der Waals surface area contributed by atoms with E-state index < -0.39 is 35.3 Å². The maximum Gasteiger partial charge on any atom is 0.573 e. The Balaban J connectivity index is 1.76. The number of pyridine rings is 2. The van der Waals surface area contributed by atoms with Crippen LogP contribution in [0, 0.1) is 5.82 Å². The highest BCUT2D eigenvalue weighted by Gasteiger charge is 2.43. The molecule has 4 rings (SSSR count). The monoisotopic (exact) mass is 490 g/mol. The number of nitrogens with one attached hydrogen (secondary N) is 2. The van der Waals surface area contributed by atoms with Gasteiger partial charge < -0.3 is 20.1 Å². The van der Waals surface area contributed by atoms with Gasteiger partial charge in [-0.1, -0.05) is 6.07 Å². The van der Waals surface area contributed by atoms with Gasteiger partial charge >= 0.3 is 6.36 Å². The summed E-state index contributed by atoms with van der Waals surface area (Å²) in [6.45, 7) is 0.106. The molecule has 0 radical (unpaired) electrons. The van der Waals surface area contributed by atoms with Crippen molar-refractivity contribution in [3.63, 3.8) is 0 Å². The number of aromatic nitrogens is 2. The topological polar surface area (TPSA) is 102 Å². The molecule has 182 valence electrons. The molecule has 2 N–H and O–H groups in total. The third-order valence-corrected chi connectivity index (χ3v) is 5.37. The Kier molecular flexibility index (Phi) is 6.29. The van der Waals surface area contributed by atoms with E-state index in [1.54, 1.807) is 12.1 Å². The summed E-state index contributed by atoms with van der Waals surface area (Å²) >= 11 is 0. The summed E-state index contributed by atoms with van der Waals surface area (Å²) in [7, 11) is 1.44. The zero-order valence-electron chi connectivity index (χ0n) is 18.1. The normalized spacial score (nSPS) is 17.1. The van der Waals surface area contributed by atoms with E-state index in [-0.39, 0.29) is 35.5 Å². The molecular weight excluding hydrogens is 472 g/mol. The largest absolute Gasteiger partial charge is 0.573 e. The molecule has 12 heteroatoms. The molecule has 0 unspecified atom stereocenters. The van der Waals surface area contributed by atoms with Gasteiger partial charge in [-0.2, -0.15) is 0 Å². The first kappa shape index (κ1) is 23.9. The summed E-state index contributed by atoms with van der Waals surface area (Å²) in [5.41, 5.74) is -0.865. The minimum atomic E-state index is -5.07. The molecule has 8 nitrogen and oxygen atoms in total. The molecule has 2 aromatic heterocycles. The van der Waals surface area contributed by atoms with Crippen LogP contribution in [0.25, 0.3) is 0 Å². The molecule has 2 amide bonds. The van der Waals surface area contributed by atoms with Gasteiger partial charge in [0.1, 0.15) is 22.7 Å². The lowest BCUT2D eigenvalue weighted by atomic mass is 9.81. The van der Waals surface area contributed by atoms with Crippen molar-refractivity contribution in [1.29, 1.82) is 0 Å². The van der Waals surface area contributed by atoms with E-state index in [0.717, 1.165) is 12.1 Å². The minimum absolute atomic E-state index is 0.0958.